The van der Waals surface area contributed by atoms with Crippen molar-refractivity contribution in [2.75, 3.05) is 12.5 Å². The number of aromatic nitrogens is 2. The number of nitrogens with one attached hydrogen (secondary N) is 1. The van der Waals surface area contributed by atoms with Crippen molar-refractivity contribution in [3.8, 4) is 11.5 Å². The summed E-state index contributed by atoms with van der Waals surface area (Å²) >= 11 is 3.13. The Labute approximate surface area is 165 Å². The van der Waals surface area contributed by atoms with E-state index in [-0.39, 0.29) is 12.7 Å². The van der Waals surface area contributed by atoms with Gasteiger partial charge in [0.1, 0.15) is 15.7 Å². The summed E-state index contributed by atoms with van der Waals surface area (Å²) in [7, 11) is 0. The molecule has 3 heterocycles. The van der Waals surface area contributed by atoms with Crippen molar-refractivity contribution in [1.82, 2.24) is 15.3 Å². The van der Waals surface area contributed by atoms with Crippen LogP contribution in [0, 0.1) is 20.8 Å². The zero-order valence-electron chi connectivity index (χ0n) is 15.3. The van der Waals surface area contributed by atoms with E-state index in [9.17, 15) is 4.79 Å². The van der Waals surface area contributed by atoms with Crippen molar-refractivity contribution in [2.24, 2.45) is 0 Å². The molecule has 0 saturated carbocycles. The molecule has 27 heavy (non-hydrogen) atoms. The molecule has 2 aromatic heterocycles. The molecule has 1 aliphatic rings. The molecule has 0 saturated heterocycles. The lowest BCUT2D eigenvalue weighted by Gasteiger charge is -2.07. The van der Waals surface area contributed by atoms with Crippen LogP contribution in [0.25, 0.3) is 10.2 Å². The number of carbonyl (C=O) groups excluding carboxylic acids is 1. The molecule has 140 valence electrons. The molecule has 8 heteroatoms. The second kappa shape index (κ2) is 7.36. The van der Waals surface area contributed by atoms with Crippen LogP contribution in [0.1, 0.15) is 21.8 Å². The van der Waals surface area contributed by atoms with Crippen LogP contribution in [-0.4, -0.2) is 28.4 Å². The van der Waals surface area contributed by atoms with E-state index >= 15 is 0 Å². The van der Waals surface area contributed by atoms with Gasteiger partial charge in [-0.2, -0.15) is 0 Å². The highest BCUT2D eigenvalue weighted by Crippen LogP contribution is 2.35. The summed E-state index contributed by atoms with van der Waals surface area (Å²) in [5, 5.41) is 4.89. The van der Waals surface area contributed by atoms with E-state index in [0.29, 0.717) is 12.3 Å². The zero-order valence-corrected chi connectivity index (χ0v) is 16.9. The number of hydrogen-bond donors (Lipinski definition) is 1. The third-order valence-electron chi connectivity index (χ3n) is 4.37. The quantitative estimate of drug-likeness (QED) is 0.518. The van der Waals surface area contributed by atoms with Crippen LogP contribution in [0.4, 0.5) is 0 Å². The van der Waals surface area contributed by atoms with Crippen molar-refractivity contribution in [2.45, 2.75) is 32.3 Å². The Hall–Kier alpha value is -2.32. The summed E-state index contributed by atoms with van der Waals surface area (Å²) in [6, 6.07) is 5.68. The van der Waals surface area contributed by atoms with Crippen molar-refractivity contribution in [3.63, 3.8) is 0 Å². The molecule has 1 N–H and O–H groups in total. The minimum atomic E-state index is -0.0355. The number of amides is 1. The molecule has 3 aromatic rings. The van der Waals surface area contributed by atoms with Gasteiger partial charge in [-0.1, -0.05) is 17.8 Å². The molecule has 1 aliphatic heterocycles. The van der Waals surface area contributed by atoms with Crippen LogP contribution in [0.2, 0.25) is 0 Å². The van der Waals surface area contributed by atoms with Gasteiger partial charge in [-0.15, -0.1) is 11.3 Å². The van der Waals surface area contributed by atoms with Crippen LogP contribution >= 0.6 is 23.1 Å². The molecule has 0 bridgehead atoms. The van der Waals surface area contributed by atoms with Crippen LogP contribution < -0.4 is 14.8 Å². The Balaban J connectivity index is 1.40. The number of thiophene rings is 1. The van der Waals surface area contributed by atoms with Gasteiger partial charge < -0.3 is 14.8 Å². The molecule has 0 aliphatic carbocycles. The highest BCUT2D eigenvalue weighted by atomic mass is 32.2. The van der Waals surface area contributed by atoms with Gasteiger partial charge >= 0.3 is 0 Å². The molecule has 0 fully saturated rings. The summed E-state index contributed by atoms with van der Waals surface area (Å²) in [5.74, 6) is 2.46. The van der Waals surface area contributed by atoms with E-state index in [1.54, 1.807) is 11.3 Å². The average molecular weight is 402 g/mol. The van der Waals surface area contributed by atoms with Crippen molar-refractivity contribution in [1.29, 1.82) is 0 Å². The minimum absolute atomic E-state index is 0.0355. The molecule has 4 rings (SSSR count). The number of carbonyl (C=O) groups is 1. The Morgan fingerprint density at radius 3 is 2.89 bits per heavy atom. The Bertz CT molecular complexity index is 1030. The molecule has 0 unspecified atom stereocenters. The molecule has 0 radical (unpaired) electrons. The fourth-order valence-corrected chi connectivity index (χ4v) is 4.96. The number of ether oxygens (including phenoxy) is 2. The van der Waals surface area contributed by atoms with E-state index in [1.807, 2.05) is 25.1 Å². The molecular formula is C19H19N3O3S2. The fraction of sp³-hybridized carbons (Fsp3) is 0.316. The topological polar surface area (TPSA) is 73.3 Å². The Morgan fingerprint density at radius 2 is 2.04 bits per heavy atom. The highest BCUT2D eigenvalue weighted by Gasteiger charge is 2.16. The van der Waals surface area contributed by atoms with Gasteiger partial charge in [0.25, 0.3) is 0 Å². The second-order valence-electron chi connectivity index (χ2n) is 6.29. The van der Waals surface area contributed by atoms with Gasteiger partial charge in [-0.3, -0.25) is 4.79 Å². The Morgan fingerprint density at radius 1 is 1.22 bits per heavy atom. The highest BCUT2D eigenvalue weighted by molar-refractivity contribution is 8.00. The molecule has 0 atom stereocenters. The summed E-state index contributed by atoms with van der Waals surface area (Å²) in [5.41, 5.74) is 2.17. The number of hydrogen-bond acceptors (Lipinski definition) is 7. The lowest BCUT2D eigenvalue weighted by molar-refractivity contribution is -0.118. The molecule has 0 spiro atoms. The van der Waals surface area contributed by atoms with Crippen LogP contribution in [0.3, 0.4) is 0 Å². The summed E-state index contributed by atoms with van der Waals surface area (Å²) < 4.78 is 10.7. The van der Waals surface area contributed by atoms with E-state index in [1.165, 1.54) is 22.2 Å². The third kappa shape index (κ3) is 3.72. The first-order valence-electron chi connectivity index (χ1n) is 8.53. The summed E-state index contributed by atoms with van der Waals surface area (Å²) in [4.78, 5) is 23.6. The van der Waals surface area contributed by atoms with Gasteiger partial charge in [0.05, 0.1) is 5.75 Å². The van der Waals surface area contributed by atoms with Gasteiger partial charge in [-0.05, 0) is 44.0 Å². The van der Waals surface area contributed by atoms with Crippen LogP contribution in [0.15, 0.2) is 23.2 Å². The summed E-state index contributed by atoms with van der Waals surface area (Å²) in [6.45, 7) is 6.74. The predicted octanol–water partition coefficient (Wildman–Crippen LogP) is 3.75. The largest absolute Gasteiger partial charge is 0.454 e. The van der Waals surface area contributed by atoms with Gasteiger partial charge in [0.15, 0.2) is 11.5 Å². The van der Waals surface area contributed by atoms with Crippen LogP contribution in [-0.2, 0) is 11.3 Å². The molecule has 1 amide bonds. The van der Waals surface area contributed by atoms with Crippen molar-refractivity contribution in [3.05, 3.63) is 40.0 Å². The maximum Gasteiger partial charge on any atom is 0.231 e. The van der Waals surface area contributed by atoms with Gasteiger partial charge in [0.2, 0.25) is 12.7 Å². The van der Waals surface area contributed by atoms with E-state index in [4.69, 9.17) is 9.47 Å². The second-order valence-corrected chi connectivity index (χ2v) is 8.46. The smallest absolute Gasteiger partial charge is 0.231 e. The van der Waals surface area contributed by atoms with E-state index < -0.39 is 0 Å². The SMILES string of the molecule is Cc1nc(SCC(=O)NCc2ccc3c(c2)OCO3)c2c(C)c(C)sc2n1. The van der Waals surface area contributed by atoms with Crippen LogP contribution in [0.5, 0.6) is 11.5 Å². The first-order valence-corrected chi connectivity index (χ1v) is 10.3. The number of aryl methyl sites for hydroxylation is 3. The molecule has 1 aromatic carbocycles. The lowest BCUT2D eigenvalue weighted by atomic mass is 10.2. The van der Waals surface area contributed by atoms with Gasteiger partial charge in [-0.25, -0.2) is 9.97 Å². The lowest BCUT2D eigenvalue weighted by Crippen LogP contribution is -2.24. The van der Waals surface area contributed by atoms with Gasteiger partial charge in [0, 0.05) is 16.8 Å². The monoisotopic (exact) mass is 401 g/mol. The first kappa shape index (κ1) is 18.1. The fourth-order valence-electron chi connectivity index (χ4n) is 2.86. The zero-order chi connectivity index (χ0) is 19.0. The number of rotatable bonds is 5. The number of benzene rings is 1. The average Bonchev–Trinajstić information content (AvgIpc) is 3.22. The van der Waals surface area contributed by atoms with Crippen molar-refractivity contribution < 1.29 is 14.3 Å². The van der Waals surface area contributed by atoms with E-state index in [0.717, 1.165) is 38.1 Å². The maximum absolute atomic E-state index is 12.3. The molecular weight excluding hydrogens is 382 g/mol. The third-order valence-corrected chi connectivity index (χ3v) is 6.45. The first-order chi connectivity index (χ1) is 13.0. The van der Waals surface area contributed by atoms with E-state index in [2.05, 4.69) is 29.1 Å². The number of fused-ring (bicyclic) bond motifs is 2. The number of thioether (sulfide) groups is 1. The summed E-state index contributed by atoms with van der Waals surface area (Å²) in [6.07, 6.45) is 0. The molecule has 6 nitrogen and oxygen atoms in total. The van der Waals surface area contributed by atoms with Crippen molar-refractivity contribution >= 4 is 39.2 Å². The predicted molar refractivity (Wildman–Crippen MR) is 107 cm³/mol. The number of nitrogens with zero attached hydrogens (tertiary/aromatic N) is 2. The minimum Gasteiger partial charge on any atom is -0.454 e. The Kier molecular flexibility index (Phi) is 4.92. The maximum atomic E-state index is 12.3. The standard InChI is InChI=1S/C19H19N3O3S2/c1-10-11(2)27-19-17(10)18(21-12(3)22-19)26-8-16(23)20-7-13-4-5-14-15(6-13)25-9-24-14/h4-6H,7-9H2,1-3H3,(H,20,23). The normalized spacial score (nSPS) is 12.6.